The van der Waals surface area contributed by atoms with Crippen molar-refractivity contribution in [1.82, 2.24) is 5.32 Å². The van der Waals surface area contributed by atoms with E-state index < -0.39 is 0 Å². The van der Waals surface area contributed by atoms with Crippen LogP contribution in [0, 0.1) is 0 Å². The number of carbonyl (C=O) groups is 1. The van der Waals surface area contributed by atoms with Gasteiger partial charge in [0.1, 0.15) is 6.61 Å². The number of ether oxygens (including phenoxy) is 1. The van der Waals surface area contributed by atoms with Crippen LogP contribution in [0.3, 0.4) is 0 Å². The fourth-order valence-corrected chi connectivity index (χ4v) is 2.43. The maximum Gasteiger partial charge on any atom is 0.253 e. The Morgan fingerprint density at radius 2 is 2.06 bits per heavy atom. The second kappa shape index (κ2) is 3.88. The van der Waals surface area contributed by atoms with E-state index in [1.54, 1.807) is 0 Å². The van der Waals surface area contributed by atoms with E-state index in [-0.39, 0.29) is 24.7 Å². The molecule has 4 heteroatoms. The molecule has 0 aromatic heterocycles. The molecule has 2 aliphatic rings. The van der Waals surface area contributed by atoms with Crippen LogP contribution in [0.2, 0.25) is 0 Å². The first-order chi connectivity index (χ1) is 7.86. The van der Waals surface area contributed by atoms with E-state index in [9.17, 15) is 4.79 Å². The number of anilines is 1. The Kier molecular flexibility index (Phi) is 2.38. The zero-order valence-corrected chi connectivity index (χ0v) is 8.93. The fraction of sp³-hybridized carbons (Fsp3) is 0.417. The zero-order chi connectivity index (χ0) is 11.0. The number of nitrogens with zero attached hydrogens (tertiary/aromatic N) is 1. The van der Waals surface area contributed by atoms with E-state index in [4.69, 9.17) is 4.74 Å². The van der Waals surface area contributed by atoms with Crippen molar-refractivity contribution in [3.05, 3.63) is 30.3 Å². The number of carbonyl (C=O) groups excluding carboxylic acids is 1. The third-order valence-corrected chi connectivity index (χ3v) is 3.18. The van der Waals surface area contributed by atoms with Crippen molar-refractivity contribution in [3.63, 3.8) is 0 Å². The molecule has 84 valence electrons. The molecule has 2 aliphatic heterocycles. The molecule has 3 rings (SSSR count). The molecule has 2 heterocycles. The van der Waals surface area contributed by atoms with Gasteiger partial charge in [0, 0.05) is 18.8 Å². The first-order valence-corrected chi connectivity index (χ1v) is 5.56. The number of rotatable bonds is 1. The van der Waals surface area contributed by atoms with Gasteiger partial charge in [-0.3, -0.25) is 4.79 Å². The standard InChI is InChI=1S/C12H14N2O2/c15-12-8-16-11-7-13-6-10(11)14(12)9-4-2-1-3-5-9/h1-5,10-11,13H,6-8H2/t10-,11+/m1/s1. The highest BCUT2D eigenvalue weighted by Crippen LogP contribution is 2.25. The predicted molar refractivity (Wildman–Crippen MR) is 60.3 cm³/mol. The molecule has 1 aromatic carbocycles. The minimum atomic E-state index is 0.0520. The third kappa shape index (κ3) is 1.50. The molecule has 1 aromatic rings. The summed E-state index contributed by atoms with van der Waals surface area (Å²) in [5, 5.41) is 3.27. The van der Waals surface area contributed by atoms with Gasteiger partial charge in [0.2, 0.25) is 0 Å². The Hall–Kier alpha value is -1.39. The molecule has 4 nitrogen and oxygen atoms in total. The Balaban J connectivity index is 1.94. The van der Waals surface area contributed by atoms with Crippen LogP contribution in [0.4, 0.5) is 5.69 Å². The maximum absolute atomic E-state index is 11.9. The molecule has 1 N–H and O–H groups in total. The van der Waals surface area contributed by atoms with Crippen molar-refractivity contribution < 1.29 is 9.53 Å². The lowest BCUT2D eigenvalue weighted by atomic mass is 10.1. The van der Waals surface area contributed by atoms with Crippen molar-refractivity contribution in [2.75, 3.05) is 24.6 Å². The molecule has 0 aliphatic carbocycles. The van der Waals surface area contributed by atoms with E-state index in [1.807, 2.05) is 35.2 Å². The van der Waals surface area contributed by atoms with Gasteiger partial charge in [-0.25, -0.2) is 0 Å². The summed E-state index contributed by atoms with van der Waals surface area (Å²) in [5.74, 6) is 0.0520. The Morgan fingerprint density at radius 1 is 1.25 bits per heavy atom. The number of morpholine rings is 1. The van der Waals surface area contributed by atoms with Crippen molar-refractivity contribution in [2.24, 2.45) is 0 Å². The summed E-state index contributed by atoms with van der Waals surface area (Å²) in [5.41, 5.74) is 0.967. The summed E-state index contributed by atoms with van der Waals surface area (Å²) in [6, 6.07) is 9.95. The molecular formula is C12H14N2O2. The van der Waals surface area contributed by atoms with Gasteiger partial charge in [0.05, 0.1) is 12.1 Å². The van der Waals surface area contributed by atoms with E-state index in [1.165, 1.54) is 0 Å². The zero-order valence-electron chi connectivity index (χ0n) is 8.93. The minimum absolute atomic E-state index is 0.0520. The van der Waals surface area contributed by atoms with Crippen molar-refractivity contribution in [1.29, 1.82) is 0 Å². The number of hydrogen-bond donors (Lipinski definition) is 1. The smallest absolute Gasteiger partial charge is 0.253 e. The Labute approximate surface area is 94.2 Å². The van der Waals surface area contributed by atoms with E-state index in [0.717, 1.165) is 18.8 Å². The quantitative estimate of drug-likeness (QED) is 0.741. The van der Waals surface area contributed by atoms with Crippen molar-refractivity contribution in [2.45, 2.75) is 12.1 Å². The van der Waals surface area contributed by atoms with Gasteiger partial charge in [-0.15, -0.1) is 0 Å². The number of fused-ring (bicyclic) bond motifs is 1. The number of nitrogens with one attached hydrogen (secondary N) is 1. The normalized spacial score (nSPS) is 29.2. The monoisotopic (exact) mass is 218 g/mol. The lowest BCUT2D eigenvalue weighted by molar-refractivity contribution is -0.130. The van der Waals surface area contributed by atoms with E-state index >= 15 is 0 Å². The summed E-state index contributed by atoms with van der Waals surface area (Å²) in [4.78, 5) is 13.8. The second-order valence-electron chi connectivity index (χ2n) is 4.17. The minimum Gasteiger partial charge on any atom is -0.365 e. The average Bonchev–Trinajstić information content (AvgIpc) is 2.78. The predicted octanol–water partition coefficient (Wildman–Crippen LogP) is 0.390. The van der Waals surface area contributed by atoms with Crippen LogP contribution >= 0.6 is 0 Å². The molecule has 0 saturated carbocycles. The largest absolute Gasteiger partial charge is 0.365 e. The van der Waals surface area contributed by atoms with Crippen molar-refractivity contribution >= 4 is 11.6 Å². The van der Waals surface area contributed by atoms with E-state index in [2.05, 4.69) is 5.32 Å². The number of amides is 1. The second-order valence-corrected chi connectivity index (χ2v) is 4.17. The maximum atomic E-state index is 11.9. The molecule has 2 saturated heterocycles. The number of hydrogen-bond acceptors (Lipinski definition) is 3. The Morgan fingerprint density at radius 3 is 2.88 bits per heavy atom. The molecule has 0 bridgehead atoms. The van der Waals surface area contributed by atoms with E-state index in [0.29, 0.717) is 0 Å². The van der Waals surface area contributed by atoms with Crippen LogP contribution in [0.1, 0.15) is 0 Å². The van der Waals surface area contributed by atoms with Crippen molar-refractivity contribution in [3.8, 4) is 0 Å². The van der Waals surface area contributed by atoms with Gasteiger partial charge >= 0.3 is 0 Å². The molecule has 2 atom stereocenters. The molecule has 0 unspecified atom stereocenters. The molecule has 2 fully saturated rings. The lowest BCUT2D eigenvalue weighted by Crippen LogP contribution is -2.54. The highest BCUT2D eigenvalue weighted by Gasteiger charge is 2.40. The molecule has 0 radical (unpaired) electrons. The SMILES string of the molecule is O=C1CO[C@H]2CNC[C@H]2N1c1ccccc1. The van der Waals surface area contributed by atoms with Gasteiger partial charge in [-0.1, -0.05) is 18.2 Å². The van der Waals surface area contributed by atoms with Crippen LogP contribution in [0.5, 0.6) is 0 Å². The molecule has 0 spiro atoms. The number of benzene rings is 1. The van der Waals surface area contributed by atoms with Gasteiger partial charge in [-0.05, 0) is 12.1 Å². The summed E-state index contributed by atoms with van der Waals surface area (Å²) in [6.45, 7) is 1.84. The summed E-state index contributed by atoms with van der Waals surface area (Å²) < 4.78 is 5.51. The highest BCUT2D eigenvalue weighted by atomic mass is 16.5. The summed E-state index contributed by atoms with van der Waals surface area (Å²) in [7, 11) is 0. The third-order valence-electron chi connectivity index (χ3n) is 3.18. The summed E-state index contributed by atoms with van der Waals surface area (Å²) in [6.07, 6.45) is 0.137. The lowest BCUT2D eigenvalue weighted by Gasteiger charge is -2.36. The van der Waals surface area contributed by atoms with Crippen LogP contribution < -0.4 is 10.2 Å². The van der Waals surface area contributed by atoms with Crippen LogP contribution in [0.25, 0.3) is 0 Å². The van der Waals surface area contributed by atoms with Gasteiger partial charge in [-0.2, -0.15) is 0 Å². The first-order valence-electron chi connectivity index (χ1n) is 5.56. The number of para-hydroxylation sites is 1. The fourth-order valence-electron chi connectivity index (χ4n) is 2.43. The van der Waals surface area contributed by atoms with Gasteiger partial charge in [0.15, 0.2) is 0 Å². The van der Waals surface area contributed by atoms with Gasteiger partial charge in [0.25, 0.3) is 5.91 Å². The van der Waals surface area contributed by atoms with Gasteiger partial charge < -0.3 is 15.0 Å². The molecular weight excluding hydrogens is 204 g/mol. The molecule has 1 amide bonds. The average molecular weight is 218 g/mol. The van der Waals surface area contributed by atoms with Crippen LogP contribution in [-0.2, 0) is 9.53 Å². The van der Waals surface area contributed by atoms with Crippen LogP contribution in [-0.4, -0.2) is 37.7 Å². The Bertz CT molecular complexity index is 393. The topological polar surface area (TPSA) is 41.6 Å². The highest BCUT2D eigenvalue weighted by molar-refractivity contribution is 5.95. The molecule has 16 heavy (non-hydrogen) atoms. The first kappa shape index (κ1) is 9.81. The summed E-state index contributed by atoms with van der Waals surface area (Å²) >= 11 is 0. The van der Waals surface area contributed by atoms with Crippen LogP contribution in [0.15, 0.2) is 30.3 Å².